The summed E-state index contributed by atoms with van der Waals surface area (Å²) in [6.45, 7) is 1.75. The topological polar surface area (TPSA) is 96.2 Å². The van der Waals surface area contributed by atoms with E-state index in [9.17, 15) is 20.1 Å². The van der Waals surface area contributed by atoms with Crippen LogP contribution in [0.25, 0.3) is 0 Å². The van der Waals surface area contributed by atoms with Crippen molar-refractivity contribution < 1.29 is 62.3 Å². The fourth-order valence-electron chi connectivity index (χ4n) is 2.84. The van der Waals surface area contributed by atoms with Crippen molar-refractivity contribution in [3.63, 3.8) is 0 Å². The average Bonchev–Trinajstić information content (AvgIpc) is 2.44. The van der Waals surface area contributed by atoms with E-state index in [-0.39, 0.29) is 51.3 Å². The zero-order valence-corrected chi connectivity index (χ0v) is 14.8. The quantitative estimate of drug-likeness (QED) is 0.452. The molecule has 2 saturated heterocycles. The normalized spacial score (nSPS) is 41.1. The standard InChI is InChI=1S/C14H21O6.Y/c1-2-3-9(16)13-11(17)12(18)14-10(20-13)5-4-8(19-14)6-7-15;/h2-3,8-14,16-18H,4-6H2,1H3;/q-1;/t8-,9+,10+,11+,12-,13+,14+;/m1./s1. The van der Waals surface area contributed by atoms with Crippen LogP contribution in [0.3, 0.4) is 0 Å². The van der Waals surface area contributed by atoms with Gasteiger partial charge in [-0.25, -0.2) is 0 Å². The van der Waals surface area contributed by atoms with Crippen molar-refractivity contribution in [1.29, 1.82) is 0 Å². The maximum absolute atomic E-state index is 10.4. The third-order valence-electron chi connectivity index (χ3n) is 3.88. The first kappa shape index (κ1) is 19.4. The van der Waals surface area contributed by atoms with E-state index < -0.39 is 30.5 Å². The summed E-state index contributed by atoms with van der Waals surface area (Å²) in [5.74, 6) is 0. The molecule has 7 atom stereocenters. The number of hydrogen-bond donors (Lipinski definition) is 3. The maximum atomic E-state index is 10.4. The molecule has 0 unspecified atom stereocenters. The van der Waals surface area contributed by atoms with Crippen LogP contribution in [0.4, 0.5) is 0 Å². The summed E-state index contributed by atoms with van der Waals surface area (Å²) in [7, 11) is 0. The molecule has 0 aromatic heterocycles. The Bertz CT molecular complexity index is 361. The summed E-state index contributed by atoms with van der Waals surface area (Å²) in [6, 6.07) is 0. The van der Waals surface area contributed by atoms with Gasteiger partial charge in [-0.3, -0.25) is 6.29 Å². The van der Waals surface area contributed by atoms with Crippen molar-refractivity contribution in [3.8, 4) is 0 Å². The van der Waals surface area contributed by atoms with E-state index >= 15 is 0 Å². The Morgan fingerprint density at radius 2 is 2.00 bits per heavy atom. The molecule has 3 N–H and O–H groups in total. The summed E-state index contributed by atoms with van der Waals surface area (Å²) in [5, 5.41) is 30.1. The second-order valence-corrected chi connectivity index (χ2v) is 5.29. The van der Waals surface area contributed by atoms with E-state index in [0.29, 0.717) is 12.8 Å². The van der Waals surface area contributed by atoms with Crippen LogP contribution >= 0.6 is 0 Å². The van der Waals surface area contributed by atoms with E-state index in [2.05, 4.69) is 0 Å². The van der Waals surface area contributed by atoms with Crippen molar-refractivity contribution in [2.24, 2.45) is 0 Å². The Morgan fingerprint density at radius 3 is 2.62 bits per heavy atom. The Balaban J connectivity index is 0.00000220. The van der Waals surface area contributed by atoms with E-state index in [1.165, 1.54) is 6.08 Å². The minimum atomic E-state index is -1.23. The smallest absolute Gasteiger partial charge is 0.116 e. The summed E-state index contributed by atoms with van der Waals surface area (Å²) in [4.78, 5) is 10.4. The number of aliphatic hydroxyl groups is 3. The molecule has 0 aliphatic carbocycles. The number of aliphatic hydroxyl groups excluding tert-OH is 3. The van der Waals surface area contributed by atoms with Gasteiger partial charge in [-0.1, -0.05) is 12.2 Å². The molecule has 6 nitrogen and oxygen atoms in total. The molecule has 117 valence electrons. The molecule has 0 bridgehead atoms. The van der Waals surface area contributed by atoms with Gasteiger partial charge < -0.3 is 29.6 Å². The summed E-state index contributed by atoms with van der Waals surface area (Å²) >= 11 is 0. The Hall–Kier alpha value is 0.314. The maximum Gasteiger partial charge on any atom is 0.116 e. The van der Waals surface area contributed by atoms with Gasteiger partial charge in [0.25, 0.3) is 0 Å². The Labute approximate surface area is 149 Å². The molecule has 21 heavy (non-hydrogen) atoms. The van der Waals surface area contributed by atoms with Crippen LogP contribution in [0.1, 0.15) is 26.2 Å². The van der Waals surface area contributed by atoms with Crippen molar-refractivity contribution in [2.45, 2.75) is 68.9 Å². The molecule has 0 saturated carbocycles. The second-order valence-electron chi connectivity index (χ2n) is 5.29. The van der Waals surface area contributed by atoms with Gasteiger partial charge in [0.2, 0.25) is 0 Å². The van der Waals surface area contributed by atoms with E-state index in [1.807, 2.05) is 0 Å². The van der Waals surface area contributed by atoms with Crippen LogP contribution in [0, 0.1) is 0 Å². The van der Waals surface area contributed by atoms with Crippen LogP contribution in [0.2, 0.25) is 0 Å². The van der Waals surface area contributed by atoms with Gasteiger partial charge in [-0.2, -0.15) is 0 Å². The van der Waals surface area contributed by atoms with Gasteiger partial charge in [0, 0.05) is 38.8 Å². The predicted octanol–water partition coefficient (Wildman–Crippen LogP) is -0.543. The number of fused-ring (bicyclic) bond motifs is 1. The molecule has 0 amide bonds. The first-order valence-electron chi connectivity index (χ1n) is 6.91. The van der Waals surface area contributed by atoms with E-state index in [4.69, 9.17) is 9.47 Å². The summed E-state index contributed by atoms with van der Waals surface area (Å²) in [6.07, 6.45) is 0.760. The molecular formula is C14H21O6Y-. The van der Waals surface area contributed by atoms with Gasteiger partial charge in [-0.05, 0) is 19.8 Å². The summed E-state index contributed by atoms with van der Waals surface area (Å²) in [5.41, 5.74) is 0. The SMILES string of the molecule is CC=C[C@H](O)[C@@H]1O[C@H]2CC[C@H](C[C-]=O)O[C@@H]2[C@H](O)[C@@H]1O.[Y]. The monoisotopic (exact) mass is 374 g/mol. The van der Waals surface area contributed by atoms with Crippen LogP contribution < -0.4 is 0 Å². The molecule has 0 aromatic carbocycles. The average molecular weight is 374 g/mol. The predicted molar refractivity (Wildman–Crippen MR) is 69.7 cm³/mol. The molecule has 2 heterocycles. The van der Waals surface area contributed by atoms with Gasteiger partial charge >= 0.3 is 0 Å². The third kappa shape index (κ3) is 4.41. The van der Waals surface area contributed by atoms with Crippen LogP contribution in [0.5, 0.6) is 0 Å². The number of hydrogen-bond acceptors (Lipinski definition) is 6. The molecule has 2 aliphatic rings. The van der Waals surface area contributed by atoms with E-state index in [0.717, 1.165) is 0 Å². The summed E-state index contributed by atoms with van der Waals surface area (Å²) < 4.78 is 11.3. The van der Waals surface area contributed by atoms with Crippen molar-refractivity contribution in [2.75, 3.05) is 0 Å². The molecule has 0 aromatic rings. The van der Waals surface area contributed by atoms with Crippen LogP contribution in [-0.4, -0.2) is 64.3 Å². The molecule has 7 heteroatoms. The first-order valence-corrected chi connectivity index (χ1v) is 6.91. The second kappa shape index (κ2) is 8.82. The third-order valence-corrected chi connectivity index (χ3v) is 3.88. The van der Waals surface area contributed by atoms with Gasteiger partial charge in [0.1, 0.15) is 30.5 Å². The molecule has 2 fully saturated rings. The molecule has 2 rings (SSSR count). The number of allylic oxidation sites excluding steroid dienone is 1. The Kier molecular flexibility index (Phi) is 8.13. The molecule has 2 aliphatic heterocycles. The zero-order valence-electron chi connectivity index (χ0n) is 12.0. The number of carbonyl (C=O) groups excluding carboxylic acids is 1. The fourth-order valence-corrected chi connectivity index (χ4v) is 2.84. The molecule has 0 spiro atoms. The Morgan fingerprint density at radius 1 is 1.29 bits per heavy atom. The minimum absolute atomic E-state index is 0. The van der Waals surface area contributed by atoms with E-state index in [1.54, 1.807) is 19.3 Å². The van der Waals surface area contributed by atoms with Gasteiger partial charge in [0.05, 0.1) is 6.10 Å². The number of rotatable bonds is 4. The van der Waals surface area contributed by atoms with Crippen molar-refractivity contribution >= 4 is 6.29 Å². The molecule has 1 radical (unpaired) electrons. The van der Waals surface area contributed by atoms with Crippen molar-refractivity contribution in [3.05, 3.63) is 12.2 Å². The number of ether oxygens (including phenoxy) is 2. The zero-order chi connectivity index (χ0) is 14.7. The van der Waals surface area contributed by atoms with Crippen LogP contribution in [0.15, 0.2) is 12.2 Å². The largest absolute Gasteiger partial charge is 0.542 e. The van der Waals surface area contributed by atoms with Crippen molar-refractivity contribution in [1.82, 2.24) is 0 Å². The fraction of sp³-hybridized carbons (Fsp3) is 0.786. The first-order chi connectivity index (χ1) is 9.58. The van der Waals surface area contributed by atoms with Gasteiger partial charge in [0.15, 0.2) is 0 Å². The van der Waals surface area contributed by atoms with Gasteiger partial charge in [-0.15, -0.1) is 6.42 Å². The minimum Gasteiger partial charge on any atom is -0.542 e. The molecular weight excluding hydrogens is 353 g/mol. The van der Waals surface area contributed by atoms with Crippen LogP contribution in [-0.2, 0) is 47.0 Å².